The van der Waals surface area contributed by atoms with Gasteiger partial charge in [0.2, 0.25) is 0 Å². The summed E-state index contributed by atoms with van der Waals surface area (Å²) in [5.74, 6) is -1.02. The second kappa shape index (κ2) is 6.07. The van der Waals surface area contributed by atoms with Crippen molar-refractivity contribution in [3.8, 4) is 0 Å². The lowest BCUT2D eigenvalue weighted by atomic mass is 10.2. The van der Waals surface area contributed by atoms with E-state index in [-0.39, 0.29) is 10.7 Å². The first kappa shape index (κ1) is 14.6. The fraction of sp³-hybridized carbons (Fsp3) is 0. The van der Waals surface area contributed by atoms with Crippen LogP contribution < -0.4 is 5.32 Å². The van der Waals surface area contributed by atoms with Crippen LogP contribution in [0, 0.1) is 9.39 Å². The lowest BCUT2D eigenvalue weighted by Crippen LogP contribution is -2.13. The van der Waals surface area contributed by atoms with Crippen LogP contribution in [0.5, 0.6) is 0 Å². The summed E-state index contributed by atoms with van der Waals surface area (Å²) in [5, 5.41) is 3.21. The van der Waals surface area contributed by atoms with Crippen molar-refractivity contribution in [1.29, 1.82) is 0 Å². The SMILES string of the molecule is O=C(Nc1ccc(Cl)cc1F)c1ccc(I)c(Cl)c1. The Morgan fingerprint density at radius 3 is 2.53 bits per heavy atom. The molecule has 2 aromatic rings. The Morgan fingerprint density at radius 2 is 1.89 bits per heavy atom. The van der Waals surface area contributed by atoms with Crippen molar-refractivity contribution in [2.45, 2.75) is 0 Å². The Hall–Kier alpha value is -0.850. The van der Waals surface area contributed by atoms with Crippen LogP contribution in [0.25, 0.3) is 0 Å². The van der Waals surface area contributed by atoms with Crippen molar-refractivity contribution in [2.75, 3.05) is 5.32 Å². The van der Waals surface area contributed by atoms with E-state index in [1.807, 2.05) is 0 Å². The molecule has 2 aromatic carbocycles. The average Bonchev–Trinajstić information content (AvgIpc) is 2.36. The van der Waals surface area contributed by atoms with Crippen molar-refractivity contribution in [2.24, 2.45) is 0 Å². The minimum atomic E-state index is -0.586. The van der Waals surface area contributed by atoms with Gasteiger partial charge in [0.15, 0.2) is 0 Å². The standard InChI is InChI=1S/C13H7Cl2FINO/c14-8-2-4-12(10(16)6-8)18-13(19)7-1-3-11(17)9(15)5-7/h1-6H,(H,18,19). The number of hydrogen-bond acceptors (Lipinski definition) is 1. The first-order valence-electron chi connectivity index (χ1n) is 5.19. The fourth-order valence-corrected chi connectivity index (χ4v) is 2.10. The zero-order chi connectivity index (χ0) is 14.0. The number of anilines is 1. The summed E-state index contributed by atoms with van der Waals surface area (Å²) in [6, 6.07) is 8.92. The molecule has 19 heavy (non-hydrogen) atoms. The van der Waals surface area contributed by atoms with E-state index >= 15 is 0 Å². The number of amides is 1. The van der Waals surface area contributed by atoms with Gasteiger partial charge in [-0.1, -0.05) is 23.2 Å². The molecular weight excluding hydrogens is 403 g/mol. The van der Waals surface area contributed by atoms with Crippen molar-refractivity contribution in [3.05, 3.63) is 61.4 Å². The molecule has 0 spiro atoms. The molecule has 0 fully saturated rings. The normalized spacial score (nSPS) is 10.3. The Balaban J connectivity index is 2.23. The zero-order valence-electron chi connectivity index (χ0n) is 9.38. The molecule has 0 radical (unpaired) electrons. The van der Waals surface area contributed by atoms with E-state index in [4.69, 9.17) is 23.2 Å². The molecule has 2 rings (SSSR count). The third-order valence-corrected chi connectivity index (χ3v) is 4.17. The summed E-state index contributed by atoms with van der Waals surface area (Å²) in [7, 11) is 0. The Bertz CT molecular complexity index is 649. The van der Waals surface area contributed by atoms with E-state index < -0.39 is 11.7 Å². The first-order chi connectivity index (χ1) is 8.97. The highest BCUT2D eigenvalue weighted by Gasteiger charge is 2.11. The van der Waals surface area contributed by atoms with Gasteiger partial charge in [0.05, 0.1) is 10.7 Å². The molecule has 0 unspecified atom stereocenters. The van der Waals surface area contributed by atoms with E-state index in [0.717, 1.165) is 9.64 Å². The molecule has 1 N–H and O–H groups in total. The molecule has 0 atom stereocenters. The zero-order valence-corrected chi connectivity index (χ0v) is 13.1. The summed E-state index contributed by atoms with van der Waals surface area (Å²) in [6.45, 7) is 0. The molecule has 98 valence electrons. The largest absolute Gasteiger partial charge is 0.319 e. The van der Waals surface area contributed by atoms with Gasteiger partial charge < -0.3 is 5.32 Å². The van der Waals surface area contributed by atoms with Crippen molar-refractivity contribution >= 4 is 57.4 Å². The van der Waals surface area contributed by atoms with Crippen molar-refractivity contribution < 1.29 is 9.18 Å². The van der Waals surface area contributed by atoms with Crippen LogP contribution in [0.1, 0.15) is 10.4 Å². The molecule has 0 aliphatic carbocycles. The van der Waals surface area contributed by atoms with Crippen LogP contribution in [0.3, 0.4) is 0 Å². The molecule has 1 amide bonds. The smallest absolute Gasteiger partial charge is 0.255 e. The lowest BCUT2D eigenvalue weighted by molar-refractivity contribution is 0.102. The van der Waals surface area contributed by atoms with E-state index in [1.54, 1.807) is 12.1 Å². The maximum atomic E-state index is 13.5. The molecular formula is C13H7Cl2FINO. The van der Waals surface area contributed by atoms with Gasteiger partial charge in [-0.25, -0.2) is 4.39 Å². The summed E-state index contributed by atoms with van der Waals surface area (Å²) < 4.78 is 14.4. The van der Waals surface area contributed by atoms with E-state index in [1.165, 1.54) is 18.2 Å². The van der Waals surface area contributed by atoms with Crippen LogP contribution in [-0.4, -0.2) is 5.91 Å². The first-order valence-corrected chi connectivity index (χ1v) is 7.02. The molecule has 6 heteroatoms. The highest BCUT2D eigenvalue weighted by atomic mass is 127. The Labute approximate surface area is 133 Å². The topological polar surface area (TPSA) is 29.1 Å². The summed E-state index contributed by atoms with van der Waals surface area (Å²) in [6.07, 6.45) is 0. The fourth-order valence-electron chi connectivity index (χ4n) is 1.42. The predicted molar refractivity (Wildman–Crippen MR) is 83.5 cm³/mol. The molecule has 0 bridgehead atoms. The van der Waals surface area contributed by atoms with E-state index in [2.05, 4.69) is 27.9 Å². The van der Waals surface area contributed by atoms with Gasteiger partial charge in [-0.3, -0.25) is 4.79 Å². The van der Waals surface area contributed by atoms with Crippen LogP contribution in [0.15, 0.2) is 36.4 Å². The molecule has 0 heterocycles. The predicted octanol–water partition coefficient (Wildman–Crippen LogP) is 4.99. The summed E-state index contributed by atoms with van der Waals surface area (Å²) in [4.78, 5) is 11.9. The summed E-state index contributed by atoms with van der Waals surface area (Å²) >= 11 is 13.6. The van der Waals surface area contributed by atoms with Crippen LogP contribution >= 0.6 is 45.8 Å². The van der Waals surface area contributed by atoms with Crippen LogP contribution in [0.2, 0.25) is 10.0 Å². The van der Waals surface area contributed by atoms with Crippen molar-refractivity contribution in [1.82, 2.24) is 0 Å². The minimum Gasteiger partial charge on any atom is -0.319 e. The highest BCUT2D eigenvalue weighted by Crippen LogP contribution is 2.22. The summed E-state index contributed by atoms with van der Waals surface area (Å²) in [5.41, 5.74) is 0.434. The molecule has 0 saturated heterocycles. The Morgan fingerprint density at radius 1 is 1.16 bits per heavy atom. The maximum Gasteiger partial charge on any atom is 0.255 e. The number of rotatable bonds is 2. The van der Waals surface area contributed by atoms with Gasteiger partial charge in [-0.05, 0) is 59.0 Å². The number of carbonyl (C=O) groups excluding carboxylic acids is 1. The number of halogens is 4. The lowest BCUT2D eigenvalue weighted by Gasteiger charge is -2.07. The molecule has 0 aliphatic rings. The molecule has 0 saturated carbocycles. The highest BCUT2D eigenvalue weighted by molar-refractivity contribution is 14.1. The molecule has 0 aromatic heterocycles. The second-order valence-corrected chi connectivity index (χ2v) is 5.71. The second-order valence-electron chi connectivity index (χ2n) is 3.71. The molecule has 2 nitrogen and oxygen atoms in total. The number of benzene rings is 2. The van der Waals surface area contributed by atoms with Crippen LogP contribution in [-0.2, 0) is 0 Å². The number of hydrogen-bond donors (Lipinski definition) is 1. The van der Waals surface area contributed by atoms with Gasteiger partial charge in [0.25, 0.3) is 5.91 Å². The minimum absolute atomic E-state index is 0.0732. The number of nitrogens with one attached hydrogen (secondary N) is 1. The average molecular weight is 410 g/mol. The third kappa shape index (κ3) is 3.58. The van der Waals surface area contributed by atoms with E-state index in [0.29, 0.717) is 10.6 Å². The number of carbonyl (C=O) groups is 1. The van der Waals surface area contributed by atoms with Gasteiger partial charge in [-0.2, -0.15) is 0 Å². The third-order valence-electron chi connectivity index (χ3n) is 2.36. The quantitative estimate of drug-likeness (QED) is 0.695. The Kier molecular flexibility index (Phi) is 4.65. The van der Waals surface area contributed by atoms with Crippen molar-refractivity contribution in [3.63, 3.8) is 0 Å². The molecule has 0 aliphatic heterocycles. The van der Waals surface area contributed by atoms with Crippen LogP contribution in [0.4, 0.5) is 10.1 Å². The van der Waals surface area contributed by atoms with E-state index in [9.17, 15) is 9.18 Å². The maximum absolute atomic E-state index is 13.5. The van der Waals surface area contributed by atoms with Gasteiger partial charge in [-0.15, -0.1) is 0 Å². The van der Waals surface area contributed by atoms with Gasteiger partial charge >= 0.3 is 0 Å². The van der Waals surface area contributed by atoms with Gasteiger partial charge in [0.1, 0.15) is 5.82 Å². The monoisotopic (exact) mass is 409 g/mol. The van der Waals surface area contributed by atoms with Gasteiger partial charge in [0, 0.05) is 14.2 Å².